The van der Waals surface area contributed by atoms with Crippen LogP contribution in [0, 0.1) is 5.82 Å². The summed E-state index contributed by atoms with van der Waals surface area (Å²) in [7, 11) is 0. The molecule has 0 saturated carbocycles. The molecule has 36 heavy (non-hydrogen) atoms. The highest BCUT2D eigenvalue weighted by Crippen LogP contribution is 2.26. The molecular weight excluding hydrogens is 457 g/mol. The summed E-state index contributed by atoms with van der Waals surface area (Å²) in [5.41, 5.74) is 1.82. The predicted molar refractivity (Wildman–Crippen MR) is 136 cm³/mol. The monoisotopic (exact) mass is 487 g/mol. The van der Waals surface area contributed by atoms with Crippen LogP contribution in [0.25, 0.3) is 11.0 Å². The van der Waals surface area contributed by atoms with Crippen LogP contribution in [0.15, 0.2) is 78.9 Å². The van der Waals surface area contributed by atoms with Crippen molar-refractivity contribution in [2.45, 2.75) is 51.9 Å². The van der Waals surface area contributed by atoms with Crippen LogP contribution in [-0.4, -0.2) is 37.2 Å². The van der Waals surface area contributed by atoms with Crippen LogP contribution in [0.5, 0.6) is 0 Å². The molecule has 0 spiro atoms. The third kappa shape index (κ3) is 5.59. The Morgan fingerprint density at radius 1 is 1.00 bits per heavy atom. The number of nitrogens with one attached hydrogen (secondary N) is 1. The molecule has 0 saturated heterocycles. The number of hydrogen-bond acceptors (Lipinski definition) is 4. The second kappa shape index (κ2) is 10.7. The van der Waals surface area contributed by atoms with Crippen molar-refractivity contribution in [1.82, 2.24) is 25.2 Å². The first-order chi connectivity index (χ1) is 17.3. The van der Waals surface area contributed by atoms with E-state index in [1.54, 1.807) is 30.3 Å². The fourth-order valence-electron chi connectivity index (χ4n) is 3.99. The summed E-state index contributed by atoms with van der Waals surface area (Å²) in [6.07, 6.45) is 0.701. The van der Waals surface area contributed by atoms with Gasteiger partial charge in [-0.05, 0) is 44.0 Å². The van der Waals surface area contributed by atoms with E-state index in [1.165, 1.54) is 15.6 Å². The fraction of sp³-hybridized carbons (Fsp3) is 0.286. The first kappa shape index (κ1) is 25.0. The Morgan fingerprint density at radius 3 is 2.39 bits per heavy atom. The minimum atomic E-state index is -0.973. The average Bonchev–Trinajstić information content (AvgIpc) is 3.28. The Hall–Kier alpha value is -4.07. The van der Waals surface area contributed by atoms with Crippen molar-refractivity contribution < 1.29 is 14.0 Å². The van der Waals surface area contributed by atoms with E-state index in [4.69, 9.17) is 0 Å². The molecule has 186 valence electrons. The van der Waals surface area contributed by atoms with Gasteiger partial charge in [0.05, 0.1) is 5.52 Å². The number of rotatable bonds is 9. The summed E-state index contributed by atoms with van der Waals surface area (Å²) in [5.74, 6) is -1.16. The summed E-state index contributed by atoms with van der Waals surface area (Å²) < 4.78 is 16.2. The summed E-state index contributed by atoms with van der Waals surface area (Å²) in [6.45, 7) is 5.60. The number of carbonyl (C=O) groups is 2. The van der Waals surface area contributed by atoms with Gasteiger partial charge >= 0.3 is 0 Å². The van der Waals surface area contributed by atoms with Crippen molar-refractivity contribution in [3.63, 3.8) is 0 Å². The van der Waals surface area contributed by atoms with Gasteiger partial charge in [-0.25, -0.2) is 9.07 Å². The summed E-state index contributed by atoms with van der Waals surface area (Å²) in [4.78, 5) is 29.0. The molecule has 1 N–H and O–H groups in total. The van der Waals surface area contributed by atoms with Gasteiger partial charge in [-0.2, -0.15) is 0 Å². The lowest BCUT2D eigenvalue weighted by atomic mass is 9.98. The molecule has 0 radical (unpaired) electrons. The number of aromatic nitrogens is 3. The van der Waals surface area contributed by atoms with Crippen LogP contribution in [0.3, 0.4) is 0 Å². The van der Waals surface area contributed by atoms with Crippen LogP contribution < -0.4 is 5.32 Å². The van der Waals surface area contributed by atoms with Gasteiger partial charge in [0.2, 0.25) is 11.8 Å². The van der Waals surface area contributed by atoms with Gasteiger partial charge in [-0.1, -0.05) is 72.8 Å². The molecule has 0 aliphatic rings. The molecule has 7 nitrogen and oxygen atoms in total. The molecule has 3 aromatic carbocycles. The first-order valence-electron chi connectivity index (χ1n) is 12.0. The minimum Gasteiger partial charge on any atom is -0.349 e. The Kier molecular flexibility index (Phi) is 7.43. The highest BCUT2D eigenvalue weighted by molar-refractivity contribution is 5.89. The Balaban J connectivity index is 1.76. The zero-order valence-electron chi connectivity index (χ0n) is 20.7. The maximum absolute atomic E-state index is 14.7. The second-order valence-corrected chi connectivity index (χ2v) is 9.39. The maximum atomic E-state index is 14.7. The minimum absolute atomic E-state index is 0.0856. The van der Waals surface area contributed by atoms with Gasteiger partial charge in [0.15, 0.2) is 0 Å². The van der Waals surface area contributed by atoms with Gasteiger partial charge in [-0.15, -0.1) is 5.10 Å². The normalized spacial score (nSPS) is 12.3. The number of halogens is 1. The molecule has 0 aliphatic carbocycles. The number of amides is 2. The summed E-state index contributed by atoms with van der Waals surface area (Å²) >= 11 is 0. The van der Waals surface area contributed by atoms with E-state index in [0.717, 1.165) is 0 Å². The topological polar surface area (TPSA) is 80.1 Å². The maximum Gasteiger partial charge on any atom is 0.247 e. The van der Waals surface area contributed by atoms with Crippen LogP contribution >= 0.6 is 0 Å². The zero-order valence-corrected chi connectivity index (χ0v) is 20.7. The van der Waals surface area contributed by atoms with Crippen molar-refractivity contribution in [2.24, 2.45) is 0 Å². The first-order valence-corrected chi connectivity index (χ1v) is 12.0. The smallest absolute Gasteiger partial charge is 0.247 e. The highest BCUT2D eigenvalue weighted by atomic mass is 19.1. The van der Waals surface area contributed by atoms with Crippen molar-refractivity contribution in [1.29, 1.82) is 0 Å². The Morgan fingerprint density at radius 2 is 1.67 bits per heavy atom. The van der Waals surface area contributed by atoms with E-state index in [-0.39, 0.29) is 24.9 Å². The molecule has 4 rings (SSSR count). The number of nitrogens with zero attached hydrogens (tertiary/aromatic N) is 4. The number of fused-ring (bicyclic) bond motifs is 1. The third-order valence-electron chi connectivity index (χ3n) is 6.34. The van der Waals surface area contributed by atoms with E-state index in [1.807, 2.05) is 63.2 Å². The fourth-order valence-corrected chi connectivity index (χ4v) is 3.99. The number of benzene rings is 3. The van der Waals surface area contributed by atoms with E-state index in [0.29, 0.717) is 28.6 Å². The van der Waals surface area contributed by atoms with Gasteiger partial charge in [0, 0.05) is 17.6 Å². The standard InChI is InChI=1S/C28H30FN5O2/c1-4-28(2,3)30-27(36)26(20-12-6-5-7-13-20)33(18-21-14-8-9-15-22(21)29)25(35)19-34-24-17-11-10-16-23(24)31-32-34/h5-17,26H,4,18-19H2,1-3H3,(H,30,36). The summed E-state index contributed by atoms with van der Waals surface area (Å²) in [5, 5.41) is 11.3. The molecule has 0 aliphatic heterocycles. The van der Waals surface area contributed by atoms with Gasteiger partial charge in [-0.3, -0.25) is 9.59 Å². The lowest BCUT2D eigenvalue weighted by Gasteiger charge is -2.34. The lowest BCUT2D eigenvalue weighted by molar-refractivity contribution is -0.143. The number of hydrogen-bond donors (Lipinski definition) is 1. The molecule has 1 heterocycles. The van der Waals surface area contributed by atoms with Crippen LogP contribution in [0.4, 0.5) is 4.39 Å². The van der Waals surface area contributed by atoms with Crippen LogP contribution in [0.2, 0.25) is 0 Å². The van der Waals surface area contributed by atoms with Crippen molar-refractivity contribution in [3.05, 3.63) is 95.8 Å². The number of carbonyl (C=O) groups excluding carboxylic acids is 2. The van der Waals surface area contributed by atoms with Gasteiger partial charge in [0.25, 0.3) is 0 Å². The molecule has 1 atom stereocenters. The predicted octanol–water partition coefficient (Wildman–Crippen LogP) is 4.65. The van der Waals surface area contributed by atoms with Crippen molar-refractivity contribution >= 4 is 22.8 Å². The second-order valence-electron chi connectivity index (χ2n) is 9.39. The van der Waals surface area contributed by atoms with E-state index >= 15 is 0 Å². The van der Waals surface area contributed by atoms with Gasteiger partial charge < -0.3 is 10.2 Å². The molecule has 4 aromatic rings. The van der Waals surface area contributed by atoms with Crippen LogP contribution in [0.1, 0.15) is 44.4 Å². The molecular formula is C28H30FN5O2. The number of para-hydroxylation sites is 1. The third-order valence-corrected chi connectivity index (χ3v) is 6.34. The van der Waals surface area contributed by atoms with E-state index < -0.39 is 17.4 Å². The lowest BCUT2D eigenvalue weighted by Crippen LogP contribution is -2.50. The Labute approximate surface area is 209 Å². The molecule has 2 amide bonds. The molecule has 0 fully saturated rings. The van der Waals surface area contributed by atoms with Gasteiger partial charge in [0.1, 0.15) is 23.9 Å². The zero-order chi connectivity index (χ0) is 25.7. The highest BCUT2D eigenvalue weighted by Gasteiger charge is 2.34. The molecule has 0 bridgehead atoms. The van der Waals surface area contributed by atoms with Crippen molar-refractivity contribution in [2.75, 3.05) is 0 Å². The quantitative estimate of drug-likeness (QED) is 0.373. The Bertz CT molecular complexity index is 1350. The summed E-state index contributed by atoms with van der Waals surface area (Å²) in [6, 6.07) is 21.7. The van der Waals surface area contributed by atoms with E-state index in [9.17, 15) is 14.0 Å². The van der Waals surface area contributed by atoms with Crippen LogP contribution in [-0.2, 0) is 22.7 Å². The molecule has 8 heteroatoms. The van der Waals surface area contributed by atoms with Crippen molar-refractivity contribution in [3.8, 4) is 0 Å². The average molecular weight is 488 g/mol. The molecule has 1 unspecified atom stereocenters. The largest absolute Gasteiger partial charge is 0.349 e. The SMILES string of the molecule is CCC(C)(C)NC(=O)C(c1ccccc1)N(Cc1ccccc1F)C(=O)Cn1nnc2ccccc21. The van der Waals surface area contributed by atoms with E-state index in [2.05, 4.69) is 15.6 Å². The molecule has 1 aromatic heterocycles.